The molecule has 13 heavy (non-hydrogen) atoms. The van der Waals surface area contributed by atoms with E-state index in [0.717, 1.165) is 6.07 Å². The van der Waals surface area contributed by atoms with Crippen LogP contribution in [0.4, 0.5) is 13.2 Å². The first-order valence-electron chi connectivity index (χ1n) is 3.56. The second kappa shape index (κ2) is 3.96. The molecule has 0 radical (unpaired) electrons. The van der Waals surface area contributed by atoms with E-state index in [1.165, 1.54) is 6.92 Å². The van der Waals surface area contributed by atoms with Gasteiger partial charge in [0.15, 0.2) is 0 Å². The number of aromatic nitrogens is 1. The van der Waals surface area contributed by atoms with Crippen LogP contribution in [0.15, 0.2) is 6.07 Å². The van der Waals surface area contributed by atoms with E-state index >= 15 is 0 Å². The van der Waals surface area contributed by atoms with Gasteiger partial charge in [-0.2, -0.15) is 0 Å². The number of hydrogen-bond donors (Lipinski definition) is 0. The van der Waals surface area contributed by atoms with E-state index in [-0.39, 0.29) is 17.3 Å². The van der Waals surface area contributed by atoms with E-state index < -0.39 is 17.8 Å². The van der Waals surface area contributed by atoms with E-state index in [1.807, 2.05) is 0 Å². The highest BCUT2D eigenvalue weighted by atomic mass is 35.5. The highest BCUT2D eigenvalue weighted by Gasteiger charge is 2.18. The van der Waals surface area contributed by atoms with Gasteiger partial charge in [0.25, 0.3) is 6.43 Å². The Morgan fingerprint density at radius 3 is 2.54 bits per heavy atom. The van der Waals surface area contributed by atoms with Crippen molar-refractivity contribution in [2.24, 2.45) is 0 Å². The average Bonchev–Trinajstić information content (AvgIpc) is 2.02. The summed E-state index contributed by atoms with van der Waals surface area (Å²) in [6.45, 7) is 1.33. The number of rotatable bonds is 2. The number of nitrogens with zero attached hydrogens (tertiary/aromatic N) is 1. The lowest BCUT2D eigenvalue weighted by molar-refractivity contribution is 0.145. The molecule has 0 atom stereocenters. The summed E-state index contributed by atoms with van der Waals surface area (Å²) in [6.07, 6.45) is -2.84. The molecule has 0 N–H and O–H groups in total. The lowest BCUT2D eigenvalue weighted by atomic mass is 10.2. The Hall–Kier alpha value is -0.770. The first kappa shape index (κ1) is 10.3. The van der Waals surface area contributed by atoms with Gasteiger partial charge in [-0.25, -0.2) is 13.2 Å². The number of aryl methyl sites for hydroxylation is 1. The summed E-state index contributed by atoms with van der Waals surface area (Å²) in [4.78, 5) is 3.72. The van der Waals surface area contributed by atoms with Crippen molar-refractivity contribution < 1.29 is 13.2 Å². The fourth-order valence-electron chi connectivity index (χ4n) is 1.04. The highest BCUT2D eigenvalue weighted by Crippen LogP contribution is 2.25. The summed E-state index contributed by atoms with van der Waals surface area (Å²) in [5, 5.41) is 0. The molecule has 0 fully saturated rings. The van der Waals surface area contributed by atoms with Gasteiger partial charge < -0.3 is 0 Å². The van der Waals surface area contributed by atoms with Crippen LogP contribution in [0.3, 0.4) is 0 Å². The second-order valence-corrected chi connectivity index (χ2v) is 2.80. The number of halogens is 4. The van der Waals surface area contributed by atoms with Crippen LogP contribution in [0.1, 0.15) is 23.4 Å². The molecule has 1 aromatic heterocycles. The van der Waals surface area contributed by atoms with Crippen molar-refractivity contribution in [2.45, 2.75) is 19.2 Å². The van der Waals surface area contributed by atoms with Crippen LogP contribution in [0.5, 0.6) is 0 Å². The van der Waals surface area contributed by atoms with Crippen molar-refractivity contribution in [2.75, 3.05) is 0 Å². The van der Waals surface area contributed by atoms with Gasteiger partial charge in [-0.15, -0.1) is 11.6 Å². The monoisotopic (exact) mass is 209 g/mol. The summed E-state index contributed by atoms with van der Waals surface area (Å²) in [5.41, 5.74) is -0.388. The van der Waals surface area contributed by atoms with Crippen LogP contribution in [0.2, 0.25) is 0 Å². The highest BCUT2D eigenvalue weighted by molar-refractivity contribution is 6.16. The quantitative estimate of drug-likeness (QED) is 0.682. The summed E-state index contributed by atoms with van der Waals surface area (Å²) < 4.78 is 37.4. The molecule has 0 amide bonds. The molecule has 0 aliphatic carbocycles. The number of alkyl halides is 3. The lowest BCUT2D eigenvalue weighted by Crippen LogP contribution is -2.01. The fraction of sp³-hybridized carbons (Fsp3) is 0.375. The maximum Gasteiger partial charge on any atom is 0.268 e. The van der Waals surface area contributed by atoms with Crippen LogP contribution in [0, 0.1) is 12.7 Å². The zero-order valence-corrected chi connectivity index (χ0v) is 7.58. The third-order valence-corrected chi connectivity index (χ3v) is 1.88. The second-order valence-electron chi connectivity index (χ2n) is 2.53. The Kier molecular flexibility index (Phi) is 3.14. The van der Waals surface area contributed by atoms with Crippen molar-refractivity contribution in [3.8, 4) is 0 Å². The molecule has 5 heteroatoms. The first-order valence-corrected chi connectivity index (χ1v) is 4.09. The maximum atomic E-state index is 13.0. The Labute approximate surface area is 78.5 Å². The van der Waals surface area contributed by atoms with Gasteiger partial charge >= 0.3 is 0 Å². The van der Waals surface area contributed by atoms with Gasteiger partial charge in [0.2, 0.25) is 0 Å². The average molecular weight is 210 g/mol. The Morgan fingerprint density at radius 1 is 1.54 bits per heavy atom. The van der Waals surface area contributed by atoms with E-state index in [4.69, 9.17) is 11.6 Å². The minimum Gasteiger partial charge on any atom is -0.256 e. The summed E-state index contributed by atoms with van der Waals surface area (Å²) in [5.74, 6) is -0.931. The molecule has 0 bridgehead atoms. The largest absolute Gasteiger partial charge is 0.268 e. The summed E-state index contributed by atoms with van der Waals surface area (Å²) in [7, 11) is 0. The Bertz CT molecular complexity index is 291. The number of pyridine rings is 1. The minimum atomic E-state index is -2.84. The van der Waals surface area contributed by atoms with Crippen molar-refractivity contribution in [1.29, 1.82) is 0 Å². The van der Waals surface area contributed by atoms with E-state index in [2.05, 4.69) is 4.98 Å². The smallest absolute Gasteiger partial charge is 0.256 e. The zero-order chi connectivity index (χ0) is 10.0. The third-order valence-electron chi connectivity index (χ3n) is 1.61. The van der Waals surface area contributed by atoms with Crippen LogP contribution < -0.4 is 0 Å². The van der Waals surface area contributed by atoms with Crippen molar-refractivity contribution in [3.05, 3.63) is 28.8 Å². The molecule has 0 saturated heterocycles. The third kappa shape index (κ3) is 2.12. The van der Waals surface area contributed by atoms with Gasteiger partial charge in [0, 0.05) is 5.69 Å². The predicted octanol–water partition coefficient (Wildman–Crippen LogP) is 3.21. The topological polar surface area (TPSA) is 12.9 Å². The van der Waals surface area contributed by atoms with Gasteiger partial charge in [-0.05, 0) is 13.0 Å². The molecule has 1 heterocycles. The molecule has 0 aliphatic heterocycles. The SMILES string of the molecule is Cc1nc(CCl)cc(F)c1C(F)F. The lowest BCUT2D eigenvalue weighted by Gasteiger charge is -2.06. The Morgan fingerprint density at radius 2 is 2.15 bits per heavy atom. The first-order chi connectivity index (χ1) is 6.06. The zero-order valence-electron chi connectivity index (χ0n) is 6.82. The van der Waals surface area contributed by atoms with E-state index in [1.54, 1.807) is 0 Å². The van der Waals surface area contributed by atoms with Crippen molar-refractivity contribution in [1.82, 2.24) is 4.98 Å². The normalized spacial score (nSPS) is 10.9. The molecule has 72 valence electrons. The molecule has 1 nitrogen and oxygen atoms in total. The molecule has 1 rings (SSSR count). The van der Waals surface area contributed by atoms with Gasteiger partial charge in [0.05, 0.1) is 17.1 Å². The van der Waals surface area contributed by atoms with Crippen molar-refractivity contribution in [3.63, 3.8) is 0 Å². The molecule has 0 saturated carbocycles. The molecular formula is C8H7ClF3N. The number of hydrogen-bond acceptors (Lipinski definition) is 1. The van der Waals surface area contributed by atoms with Gasteiger partial charge in [-0.3, -0.25) is 4.98 Å². The van der Waals surface area contributed by atoms with Crippen LogP contribution in [-0.4, -0.2) is 4.98 Å². The molecule has 0 aromatic carbocycles. The van der Waals surface area contributed by atoms with Gasteiger partial charge in [-0.1, -0.05) is 0 Å². The van der Waals surface area contributed by atoms with Crippen LogP contribution in [0.25, 0.3) is 0 Å². The fourth-order valence-corrected chi connectivity index (χ4v) is 1.17. The van der Waals surface area contributed by atoms with Crippen LogP contribution >= 0.6 is 11.6 Å². The molecular weight excluding hydrogens is 203 g/mol. The standard InChI is InChI=1S/C8H7ClF3N/c1-4-7(8(11)12)6(10)2-5(3-9)13-4/h2,8H,3H2,1H3. The molecule has 0 aliphatic rings. The maximum absolute atomic E-state index is 13.0. The van der Waals surface area contributed by atoms with Gasteiger partial charge in [0.1, 0.15) is 5.82 Å². The van der Waals surface area contributed by atoms with Crippen molar-refractivity contribution >= 4 is 11.6 Å². The molecule has 0 spiro atoms. The summed E-state index contributed by atoms with van der Waals surface area (Å²) >= 11 is 5.39. The summed E-state index contributed by atoms with van der Waals surface area (Å²) in [6, 6.07) is 0.932. The molecule has 0 unspecified atom stereocenters. The Balaban J connectivity index is 3.23. The predicted molar refractivity (Wildman–Crippen MR) is 43.4 cm³/mol. The van der Waals surface area contributed by atoms with E-state index in [9.17, 15) is 13.2 Å². The van der Waals surface area contributed by atoms with E-state index in [0.29, 0.717) is 0 Å². The molecule has 1 aromatic rings. The minimum absolute atomic E-state index is 0.00866. The van der Waals surface area contributed by atoms with Crippen LogP contribution in [-0.2, 0) is 5.88 Å².